The third-order valence-electron chi connectivity index (χ3n) is 3.37. The summed E-state index contributed by atoms with van der Waals surface area (Å²) in [7, 11) is 0. The molecular weight excluding hydrogens is 232 g/mol. The van der Waals surface area contributed by atoms with E-state index in [9.17, 15) is 0 Å². The van der Waals surface area contributed by atoms with Gasteiger partial charge in [-0.2, -0.15) is 0 Å². The van der Waals surface area contributed by atoms with Crippen LogP contribution < -0.4 is 11.1 Å². The Labute approximate surface area is 118 Å². The maximum absolute atomic E-state index is 6.06. The van der Waals surface area contributed by atoms with Gasteiger partial charge in [0, 0.05) is 18.3 Å². The first-order valence-corrected chi connectivity index (χ1v) is 7.43. The Morgan fingerprint density at radius 2 is 1.89 bits per heavy atom. The van der Waals surface area contributed by atoms with Gasteiger partial charge in [0.25, 0.3) is 0 Å². The third kappa shape index (κ3) is 7.68. The van der Waals surface area contributed by atoms with Gasteiger partial charge in [-0.25, -0.2) is 0 Å². The predicted molar refractivity (Wildman–Crippen MR) is 83.8 cm³/mol. The van der Waals surface area contributed by atoms with Crippen molar-refractivity contribution in [2.45, 2.75) is 58.0 Å². The van der Waals surface area contributed by atoms with Gasteiger partial charge in [-0.1, -0.05) is 56.7 Å². The van der Waals surface area contributed by atoms with Crippen molar-refractivity contribution in [2.24, 2.45) is 5.73 Å². The molecule has 1 unspecified atom stereocenters. The first kappa shape index (κ1) is 15.8. The smallest absolute Gasteiger partial charge is 0.0397 e. The molecule has 0 aliphatic carbocycles. The molecule has 0 aliphatic rings. The van der Waals surface area contributed by atoms with E-state index in [1.54, 1.807) is 0 Å². The number of benzene rings is 1. The number of hydrogen-bond donors (Lipinski definition) is 2. The van der Waals surface area contributed by atoms with Crippen molar-refractivity contribution < 1.29 is 0 Å². The van der Waals surface area contributed by atoms with Crippen LogP contribution in [0, 0.1) is 0 Å². The molecule has 0 fully saturated rings. The Kier molecular flexibility index (Phi) is 7.99. The molecule has 0 aromatic heterocycles. The Bertz CT molecular complexity index is 346. The van der Waals surface area contributed by atoms with E-state index in [1.165, 1.54) is 18.4 Å². The molecule has 1 aromatic carbocycles. The van der Waals surface area contributed by atoms with Crippen LogP contribution in [-0.4, -0.2) is 6.04 Å². The number of hydrogen-bond acceptors (Lipinski definition) is 2. The minimum Gasteiger partial charge on any atom is -0.385 e. The largest absolute Gasteiger partial charge is 0.385 e. The molecule has 1 aromatic rings. The van der Waals surface area contributed by atoms with Crippen LogP contribution in [0.25, 0.3) is 0 Å². The van der Waals surface area contributed by atoms with Gasteiger partial charge in [-0.15, -0.1) is 0 Å². The predicted octanol–water partition coefficient (Wildman–Crippen LogP) is 3.98. The van der Waals surface area contributed by atoms with E-state index in [0.717, 1.165) is 37.9 Å². The van der Waals surface area contributed by atoms with Gasteiger partial charge >= 0.3 is 0 Å². The molecular formula is C17H28N2. The zero-order valence-electron chi connectivity index (χ0n) is 12.2. The monoisotopic (exact) mass is 260 g/mol. The SMILES string of the molecule is C=C(CCCC(N)CCCC)NCc1ccccc1. The van der Waals surface area contributed by atoms with Gasteiger partial charge in [-0.3, -0.25) is 0 Å². The number of unbranched alkanes of at least 4 members (excludes halogenated alkanes) is 1. The quantitative estimate of drug-likeness (QED) is 0.668. The van der Waals surface area contributed by atoms with Crippen molar-refractivity contribution in [2.75, 3.05) is 0 Å². The lowest BCUT2D eigenvalue weighted by atomic mass is 10.0. The topological polar surface area (TPSA) is 38.0 Å². The zero-order valence-corrected chi connectivity index (χ0v) is 12.2. The Morgan fingerprint density at radius 3 is 2.58 bits per heavy atom. The first-order valence-electron chi connectivity index (χ1n) is 7.43. The highest BCUT2D eigenvalue weighted by molar-refractivity contribution is 5.15. The number of nitrogens with one attached hydrogen (secondary N) is 1. The minimum absolute atomic E-state index is 0.363. The molecule has 0 amide bonds. The van der Waals surface area contributed by atoms with Crippen LogP contribution in [0.5, 0.6) is 0 Å². The van der Waals surface area contributed by atoms with Gasteiger partial charge in [0.2, 0.25) is 0 Å². The molecule has 19 heavy (non-hydrogen) atoms. The standard InChI is InChI=1S/C17H28N2/c1-3-4-12-17(18)13-8-9-15(2)19-14-16-10-6-5-7-11-16/h5-7,10-11,17,19H,2-4,8-9,12-14,18H2,1H3. The average molecular weight is 260 g/mol. The average Bonchev–Trinajstić information content (AvgIpc) is 2.44. The molecule has 2 heteroatoms. The van der Waals surface area contributed by atoms with Crippen molar-refractivity contribution in [3.05, 3.63) is 48.2 Å². The summed E-state index contributed by atoms with van der Waals surface area (Å²) in [5.41, 5.74) is 8.47. The Balaban J connectivity index is 2.08. The summed E-state index contributed by atoms with van der Waals surface area (Å²) in [6, 6.07) is 10.8. The number of allylic oxidation sites excluding steroid dienone is 1. The van der Waals surface area contributed by atoms with Crippen molar-refractivity contribution in [1.29, 1.82) is 0 Å². The second-order valence-electron chi connectivity index (χ2n) is 5.24. The number of nitrogens with two attached hydrogens (primary N) is 1. The Hall–Kier alpha value is -1.28. The fourth-order valence-corrected chi connectivity index (χ4v) is 2.10. The van der Waals surface area contributed by atoms with Gasteiger partial charge in [0.15, 0.2) is 0 Å². The van der Waals surface area contributed by atoms with E-state index in [1.807, 2.05) is 6.07 Å². The molecule has 0 heterocycles. The zero-order chi connectivity index (χ0) is 13.9. The van der Waals surface area contributed by atoms with Gasteiger partial charge in [-0.05, 0) is 31.2 Å². The summed E-state index contributed by atoms with van der Waals surface area (Å²) in [5, 5.41) is 3.38. The molecule has 0 saturated carbocycles. The van der Waals surface area contributed by atoms with Crippen LogP contribution in [0.4, 0.5) is 0 Å². The van der Waals surface area contributed by atoms with E-state index < -0.39 is 0 Å². The summed E-state index contributed by atoms with van der Waals surface area (Å²) in [4.78, 5) is 0. The van der Waals surface area contributed by atoms with Gasteiger partial charge in [0.05, 0.1) is 0 Å². The van der Waals surface area contributed by atoms with Gasteiger partial charge in [0.1, 0.15) is 0 Å². The highest BCUT2D eigenvalue weighted by Crippen LogP contribution is 2.09. The van der Waals surface area contributed by atoms with E-state index in [2.05, 4.69) is 43.1 Å². The normalized spacial score (nSPS) is 12.1. The molecule has 0 radical (unpaired) electrons. The van der Waals surface area contributed by atoms with Crippen molar-refractivity contribution in [1.82, 2.24) is 5.32 Å². The van der Waals surface area contributed by atoms with Crippen molar-refractivity contribution in [3.63, 3.8) is 0 Å². The fraction of sp³-hybridized carbons (Fsp3) is 0.529. The van der Waals surface area contributed by atoms with Crippen LogP contribution in [-0.2, 0) is 6.54 Å². The molecule has 3 N–H and O–H groups in total. The summed E-state index contributed by atoms with van der Waals surface area (Å²) in [6.45, 7) is 7.15. The van der Waals surface area contributed by atoms with E-state index >= 15 is 0 Å². The maximum Gasteiger partial charge on any atom is 0.0397 e. The summed E-state index contributed by atoms with van der Waals surface area (Å²) in [6.07, 6.45) is 6.89. The van der Waals surface area contributed by atoms with E-state index in [4.69, 9.17) is 5.73 Å². The van der Waals surface area contributed by atoms with Crippen LogP contribution in [0.2, 0.25) is 0 Å². The van der Waals surface area contributed by atoms with Crippen molar-refractivity contribution in [3.8, 4) is 0 Å². The second-order valence-corrected chi connectivity index (χ2v) is 5.24. The lowest BCUT2D eigenvalue weighted by molar-refractivity contribution is 0.518. The van der Waals surface area contributed by atoms with Crippen LogP contribution in [0.3, 0.4) is 0 Å². The molecule has 2 nitrogen and oxygen atoms in total. The van der Waals surface area contributed by atoms with Crippen LogP contribution in [0.1, 0.15) is 51.0 Å². The summed E-state index contributed by atoms with van der Waals surface area (Å²) in [5.74, 6) is 0. The number of rotatable bonds is 10. The van der Waals surface area contributed by atoms with Crippen LogP contribution in [0.15, 0.2) is 42.6 Å². The molecule has 0 aliphatic heterocycles. The summed E-state index contributed by atoms with van der Waals surface area (Å²) < 4.78 is 0. The third-order valence-corrected chi connectivity index (χ3v) is 3.37. The molecule has 1 atom stereocenters. The van der Waals surface area contributed by atoms with Crippen molar-refractivity contribution >= 4 is 0 Å². The van der Waals surface area contributed by atoms with E-state index in [-0.39, 0.29) is 0 Å². The minimum atomic E-state index is 0.363. The molecule has 0 saturated heterocycles. The molecule has 1 rings (SSSR count). The van der Waals surface area contributed by atoms with Gasteiger partial charge < -0.3 is 11.1 Å². The van der Waals surface area contributed by atoms with E-state index in [0.29, 0.717) is 6.04 Å². The maximum atomic E-state index is 6.06. The molecule has 106 valence electrons. The second kappa shape index (κ2) is 9.62. The fourth-order valence-electron chi connectivity index (χ4n) is 2.10. The molecule has 0 bridgehead atoms. The highest BCUT2D eigenvalue weighted by atomic mass is 14.9. The lowest BCUT2D eigenvalue weighted by Crippen LogP contribution is -2.20. The summed E-state index contributed by atoms with van der Waals surface area (Å²) >= 11 is 0. The highest BCUT2D eigenvalue weighted by Gasteiger charge is 2.02. The Morgan fingerprint density at radius 1 is 1.21 bits per heavy atom. The van der Waals surface area contributed by atoms with Crippen LogP contribution >= 0.6 is 0 Å². The molecule has 0 spiro atoms. The first-order chi connectivity index (χ1) is 9.22. The lowest BCUT2D eigenvalue weighted by Gasteiger charge is -2.13.